The van der Waals surface area contributed by atoms with Crippen molar-refractivity contribution in [1.82, 2.24) is 25.1 Å². The van der Waals surface area contributed by atoms with E-state index in [4.69, 9.17) is 11.6 Å². The molecule has 21 heavy (non-hydrogen) atoms. The molecule has 2 N–H and O–H groups in total. The first-order valence-electron chi connectivity index (χ1n) is 6.64. The van der Waals surface area contributed by atoms with Gasteiger partial charge in [-0.1, -0.05) is 11.6 Å². The van der Waals surface area contributed by atoms with Crippen molar-refractivity contribution >= 4 is 23.5 Å². The van der Waals surface area contributed by atoms with E-state index in [-0.39, 0.29) is 18.0 Å². The van der Waals surface area contributed by atoms with Crippen molar-refractivity contribution in [2.45, 2.75) is 24.9 Å². The lowest BCUT2D eigenvalue weighted by molar-refractivity contribution is -0.123. The fraction of sp³-hybridized carbons (Fsp3) is 0.385. The zero-order valence-corrected chi connectivity index (χ0v) is 12.2. The largest absolute Gasteiger partial charge is 0.349 e. The number of nitrogens with zero attached hydrogens (tertiary/aromatic N) is 4. The third-order valence-electron chi connectivity index (χ3n) is 3.42. The van der Waals surface area contributed by atoms with E-state index in [9.17, 15) is 4.79 Å². The Kier molecular flexibility index (Phi) is 3.74. The quantitative estimate of drug-likeness (QED) is 0.893. The molecule has 1 aliphatic heterocycles. The minimum atomic E-state index is -0.153. The van der Waals surface area contributed by atoms with E-state index < -0.39 is 0 Å². The molecule has 0 bridgehead atoms. The molecule has 3 rings (SSSR count). The van der Waals surface area contributed by atoms with Crippen molar-refractivity contribution < 1.29 is 4.79 Å². The van der Waals surface area contributed by atoms with E-state index in [0.29, 0.717) is 23.8 Å². The summed E-state index contributed by atoms with van der Waals surface area (Å²) < 4.78 is 1.71. The predicted molar refractivity (Wildman–Crippen MR) is 77.8 cm³/mol. The highest BCUT2D eigenvalue weighted by Crippen LogP contribution is 2.26. The Hall–Kier alpha value is -2.15. The first-order chi connectivity index (χ1) is 10.1. The molecule has 0 saturated carbocycles. The number of carbonyl (C=O) groups is 1. The summed E-state index contributed by atoms with van der Waals surface area (Å²) in [5.41, 5.74) is 0.956. The normalized spacial score (nSPS) is 21.9. The van der Waals surface area contributed by atoms with E-state index in [2.05, 4.69) is 25.7 Å². The topological polar surface area (TPSA) is 84.7 Å². The molecule has 1 amide bonds. The molecule has 3 heterocycles. The molecule has 0 unspecified atom stereocenters. The van der Waals surface area contributed by atoms with Crippen LogP contribution in [-0.4, -0.2) is 31.7 Å². The van der Waals surface area contributed by atoms with Crippen LogP contribution in [0.3, 0.4) is 0 Å². The van der Waals surface area contributed by atoms with Crippen LogP contribution in [0.4, 0.5) is 5.95 Å². The Morgan fingerprint density at radius 1 is 1.38 bits per heavy atom. The summed E-state index contributed by atoms with van der Waals surface area (Å²) in [6.07, 6.45) is 7.91. The van der Waals surface area contributed by atoms with Crippen LogP contribution in [0.2, 0.25) is 5.02 Å². The minimum absolute atomic E-state index is 0.00748. The average molecular weight is 307 g/mol. The number of hydrogen-bond acceptors (Lipinski definition) is 5. The Bertz CT molecular complexity index is 640. The molecular formula is C13H15ClN6O. The van der Waals surface area contributed by atoms with Gasteiger partial charge in [0.25, 0.3) is 0 Å². The Labute approximate surface area is 126 Å². The van der Waals surface area contributed by atoms with Crippen LogP contribution >= 0.6 is 11.6 Å². The molecule has 2 atom stereocenters. The number of hydrogen-bond donors (Lipinski definition) is 2. The lowest BCUT2D eigenvalue weighted by Gasteiger charge is -2.32. The van der Waals surface area contributed by atoms with Gasteiger partial charge in [0, 0.05) is 25.2 Å². The number of anilines is 1. The first kappa shape index (κ1) is 13.8. The fourth-order valence-corrected chi connectivity index (χ4v) is 2.52. The molecule has 110 valence electrons. The molecular weight excluding hydrogens is 292 g/mol. The van der Waals surface area contributed by atoms with Crippen LogP contribution in [0.5, 0.6) is 0 Å². The Morgan fingerprint density at radius 3 is 2.81 bits per heavy atom. The van der Waals surface area contributed by atoms with Gasteiger partial charge in [0.2, 0.25) is 11.9 Å². The second kappa shape index (κ2) is 5.69. The summed E-state index contributed by atoms with van der Waals surface area (Å²) >= 11 is 5.78. The van der Waals surface area contributed by atoms with Crippen molar-refractivity contribution in [3.8, 4) is 0 Å². The summed E-state index contributed by atoms with van der Waals surface area (Å²) in [6, 6.07) is -0.146. The van der Waals surface area contributed by atoms with Gasteiger partial charge in [0.15, 0.2) is 0 Å². The maximum absolute atomic E-state index is 11.7. The standard InChI is InChI=1S/C13H15ClN6O/c1-20-7-8(4-17-20)12-10(2-3-11(21)19-12)18-13-15-5-9(14)6-16-13/h4-7,10,12H,2-3H2,1H3,(H,19,21)(H,15,16,18)/t10-,12+/m1/s1. The van der Waals surface area contributed by atoms with Gasteiger partial charge in [-0.25, -0.2) is 9.97 Å². The lowest BCUT2D eigenvalue weighted by Crippen LogP contribution is -2.45. The molecule has 0 aliphatic carbocycles. The highest BCUT2D eigenvalue weighted by molar-refractivity contribution is 6.30. The molecule has 7 nitrogen and oxygen atoms in total. The second-order valence-corrected chi connectivity index (χ2v) is 5.44. The second-order valence-electron chi connectivity index (χ2n) is 5.01. The van der Waals surface area contributed by atoms with Gasteiger partial charge in [-0.05, 0) is 6.42 Å². The molecule has 1 fully saturated rings. The van der Waals surface area contributed by atoms with E-state index in [1.807, 2.05) is 13.2 Å². The Morgan fingerprint density at radius 2 is 2.14 bits per heavy atom. The number of aromatic nitrogens is 4. The minimum Gasteiger partial charge on any atom is -0.349 e. The monoisotopic (exact) mass is 306 g/mol. The van der Waals surface area contributed by atoms with Crippen LogP contribution in [0.15, 0.2) is 24.8 Å². The molecule has 2 aromatic heterocycles. The van der Waals surface area contributed by atoms with E-state index >= 15 is 0 Å². The van der Waals surface area contributed by atoms with Crippen molar-refractivity contribution in [2.75, 3.05) is 5.32 Å². The summed E-state index contributed by atoms with van der Waals surface area (Å²) in [4.78, 5) is 20.0. The lowest BCUT2D eigenvalue weighted by atomic mass is 9.94. The third-order valence-corrected chi connectivity index (χ3v) is 3.62. The highest BCUT2D eigenvalue weighted by atomic mass is 35.5. The summed E-state index contributed by atoms with van der Waals surface area (Å²) in [7, 11) is 1.85. The van der Waals surface area contributed by atoms with E-state index in [1.54, 1.807) is 10.9 Å². The van der Waals surface area contributed by atoms with Gasteiger partial charge in [-0.15, -0.1) is 0 Å². The highest BCUT2D eigenvalue weighted by Gasteiger charge is 2.31. The maximum Gasteiger partial charge on any atom is 0.222 e. The van der Waals surface area contributed by atoms with Crippen LogP contribution in [0.25, 0.3) is 0 Å². The number of aryl methyl sites for hydroxylation is 1. The zero-order chi connectivity index (χ0) is 14.8. The number of piperidine rings is 1. The van der Waals surface area contributed by atoms with Gasteiger partial charge >= 0.3 is 0 Å². The smallest absolute Gasteiger partial charge is 0.222 e. The number of halogens is 1. The SMILES string of the molecule is Cn1cc([C@@H]2NC(=O)CC[C@H]2Nc2ncc(Cl)cn2)cn1. The molecule has 8 heteroatoms. The van der Waals surface area contributed by atoms with Gasteiger partial charge in [-0.3, -0.25) is 9.48 Å². The number of carbonyl (C=O) groups excluding carboxylic acids is 1. The van der Waals surface area contributed by atoms with Crippen molar-refractivity contribution in [2.24, 2.45) is 7.05 Å². The zero-order valence-electron chi connectivity index (χ0n) is 11.5. The third kappa shape index (κ3) is 3.13. The summed E-state index contributed by atoms with van der Waals surface area (Å²) in [5.74, 6) is 0.536. The molecule has 0 spiro atoms. The van der Waals surface area contributed by atoms with Gasteiger partial charge < -0.3 is 10.6 Å². The molecule has 1 saturated heterocycles. The number of amides is 1. The van der Waals surface area contributed by atoms with Crippen molar-refractivity contribution in [3.05, 3.63) is 35.4 Å². The number of rotatable bonds is 3. The molecule has 0 radical (unpaired) electrons. The van der Waals surface area contributed by atoms with Crippen molar-refractivity contribution in [3.63, 3.8) is 0 Å². The number of nitrogens with one attached hydrogen (secondary N) is 2. The van der Waals surface area contributed by atoms with Gasteiger partial charge in [-0.2, -0.15) is 5.10 Å². The Balaban J connectivity index is 1.80. The van der Waals surface area contributed by atoms with Crippen LogP contribution in [0, 0.1) is 0 Å². The summed E-state index contributed by atoms with van der Waals surface area (Å²) in [6.45, 7) is 0. The average Bonchev–Trinajstić information content (AvgIpc) is 2.90. The molecule has 2 aromatic rings. The van der Waals surface area contributed by atoms with Gasteiger partial charge in [0.1, 0.15) is 0 Å². The summed E-state index contributed by atoms with van der Waals surface area (Å²) in [5, 5.41) is 10.9. The molecule has 1 aliphatic rings. The predicted octanol–water partition coefficient (Wildman–Crippen LogP) is 1.30. The maximum atomic E-state index is 11.7. The van der Waals surface area contributed by atoms with Crippen LogP contribution in [0.1, 0.15) is 24.4 Å². The van der Waals surface area contributed by atoms with Gasteiger partial charge in [0.05, 0.1) is 35.7 Å². The fourth-order valence-electron chi connectivity index (χ4n) is 2.42. The molecule has 0 aromatic carbocycles. The van der Waals surface area contributed by atoms with E-state index in [1.165, 1.54) is 12.4 Å². The van der Waals surface area contributed by atoms with Crippen LogP contribution in [-0.2, 0) is 11.8 Å². The van der Waals surface area contributed by atoms with E-state index in [0.717, 1.165) is 5.56 Å². The first-order valence-corrected chi connectivity index (χ1v) is 7.01. The van der Waals surface area contributed by atoms with Crippen LogP contribution < -0.4 is 10.6 Å². The van der Waals surface area contributed by atoms with Crippen molar-refractivity contribution in [1.29, 1.82) is 0 Å².